The second-order valence-electron chi connectivity index (χ2n) is 6.17. The second kappa shape index (κ2) is 7.38. The summed E-state index contributed by atoms with van der Waals surface area (Å²) in [6.45, 7) is 2.67. The predicted octanol–water partition coefficient (Wildman–Crippen LogP) is 4.13. The summed E-state index contributed by atoms with van der Waals surface area (Å²) in [6.07, 6.45) is 0.0346. The fourth-order valence-electron chi connectivity index (χ4n) is 2.61. The average Bonchev–Trinajstić information content (AvgIpc) is 2.47. The highest BCUT2D eigenvalue weighted by atomic mass is 19.1. The Morgan fingerprint density at radius 3 is 2.39 bits per heavy atom. The van der Waals surface area contributed by atoms with Crippen LogP contribution in [0.15, 0.2) is 42.5 Å². The molecule has 0 aliphatic carbocycles. The Morgan fingerprint density at radius 1 is 1.17 bits per heavy atom. The number of nitrogens with zero attached hydrogens (tertiary/aromatic N) is 1. The first-order valence-electron chi connectivity index (χ1n) is 7.62. The molecule has 0 spiro atoms. The maximum absolute atomic E-state index is 14.2. The van der Waals surface area contributed by atoms with Crippen molar-refractivity contribution in [3.05, 3.63) is 59.4 Å². The van der Waals surface area contributed by atoms with Gasteiger partial charge in [0.2, 0.25) is 0 Å². The number of aliphatic carboxylic acids is 1. The van der Waals surface area contributed by atoms with Crippen molar-refractivity contribution in [3.63, 3.8) is 0 Å². The molecule has 0 aliphatic heterocycles. The number of rotatable bonds is 6. The Labute approximate surface area is 136 Å². The molecule has 0 aliphatic rings. The van der Waals surface area contributed by atoms with E-state index in [1.165, 1.54) is 6.07 Å². The van der Waals surface area contributed by atoms with E-state index in [4.69, 9.17) is 5.11 Å². The van der Waals surface area contributed by atoms with Gasteiger partial charge in [0.05, 0.1) is 6.42 Å². The first kappa shape index (κ1) is 17.2. The van der Waals surface area contributed by atoms with Gasteiger partial charge in [-0.3, -0.25) is 4.79 Å². The van der Waals surface area contributed by atoms with Crippen molar-refractivity contribution in [1.29, 1.82) is 0 Å². The van der Waals surface area contributed by atoms with Gasteiger partial charge in [0.1, 0.15) is 5.82 Å². The topological polar surface area (TPSA) is 40.5 Å². The van der Waals surface area contributed by atoms with E-state index in [2.05, 4.69) is 4.90 Å². The van der Waals surface area contributed by atoms with Gasteiger partial charge in [0, 0.05) is 12.1 Å². The minimum absolute atomic E-state index is 0.0346. The molecule has 122 valence electrons. The number of hydrogen-bond donors (Lipinski definition) is 1. The Bertz CT molecular complexity index is 680. The Morgan fingerprint density at radius 2 is 1.83 bits per heavy atom. The fourth-order valence-corrected chi connectivity index (χ4v) is 2.61. The van der Waals surface area contributed by atoms with Crippen molar-refractivity contribution >= 4 is 5.97 Å². The highest BCUT2D eigenvalue weighted by Crippen LogP contribution is 2.28. The third-order valence-corrected chi connectivity index (χ3v) is 3.80. The van der Waals surface area contributed by atoms with Crippen molar-refractivity contribution < 1.29 is 14.3 Å². The highest BCUT2D eigenvalue weighted by molar-refractivity contribution is 5.69. The lowest BCUT2D eigenvalue weighted by atomic mass is 9.93. The largest absolute Gasteiger partial charge is 0.481 e. The summed E-state index contributed by atoms with van der Waals surface area (Å²) in [4.78, 5) is 12.9. The lowest BCUT2D eigenvalue weighted by molar-refractivity contribution is -0.137. The van der Waals surface area contributed by atoms with Crippen molar-refractivity contribution in [1.82, 2.24) is 4.90 Å². The molecule has 1 atom stereocenters. The van der Waals surface area contributed by atoms with E-state index < -0.39 is 5.97 Å². The number of halogens is 1. The third-order valence-electron chi connectivity index (χ3n) is 3.80. The van der Waals surface area contributed by atoms with Gasteiger partial charge in [-0.25, -0.2) is 4.39 Å². The number of benzene rings is 2. The summed E-state index contributed by atoms with van der Waals surface area (Å²) >= 11 is 0. The van der Waals surface area contributed by atoms with Gasteiger partial charge < -0.3 is 10.0 Å². The van der Waals surface area contributed by atoms with E-state index in [0.29, 0.717) is 5.56 Å². The normalized spacial score (nSPS) is 12.4. The molecule has 23 heavy (non-hydrogen) atoms. The number of carboxylic acid groups (broad SMARTS) is 1. The minimum Gasteiger partial charge on any atom is -0.481 e. The van der Waals surface area contributed by atoms with Crippen LogP contribution in [-0.2, 0) is 11.3 Å². The highest BCUT2D eigenvalue weighted by Gasteiger charge is 2.13. The number of carbonyl (C=O) groups is 1. The smallest absolute Gasteiger partial charge is 0.303 e. The van der Waals surface area contributed by atoms with Gasteiger partial charge >= 0.3 is 5.97 Å². The molecular formula is C19H22FNO2. The van der Waals surface area contributed by atoms with Crippen LogP contribution in [0.4, 0.5) is 4.39 Å². The van der Waals surface area contributed by atoms with E-state index in [0.717, 1.165) is 23.2 Å². The van der Waals surface area contributed by atoms with Crippen molar-refractivity contribution in [2.45, 2.75) is 25.8 Å². The summed E-state index contributed by atoms with van der Waals surface area (Å²) in [5, 5.41) is 8.91. The summed E-state index contributed by atoms with van der Waals surface area (Å²) in [5.41, 5.74) is 3.31. The maximum atomic E-state index is 14.2. The molecule has 2 aromatic rings. The first-order chi connectivity index (χ1) is 10.9. The molecule has 1 N–H and O–H groups in total. The van der Waals surface area contributed by atoms with Crippen LogP contribution < -0.4 is 0 Å². The molecule has 0 amide bonds. The van der Waals surface area contributed by atoms with Gasteiger partial charge in [0.25, 0.3) is 0 Å². The van der Waals surface area contributed by atoms with Crippen LogP contribution in [0.2, 0.25) is 0 Å². The quantitative estimate of drug-likeness (QED) is 0.871. The monoisotopic (exact) mass is 315 g/mol. The van der Waals surface area contributed by atoms with Gasteiger partial charge in [0.15, 0.2) is 0 Å². The third kappa shape index (κ3) is 4.63. The van der Waals surface area contributed by atoms with Crippen molar-refractivity contribution in [3.8, 4) is 11.1 Å². The molecule has 0 saturated heterocycles. The lowest BCUT2D eigenvalue weighted by Crippen LogP contribution is -2.10. The molecule has 3 nitrogen and oxygen atoms in total. The Hall–Kier alpha value is -2.20. The van der Waals surface area contributed by atoms with Crippen LogP contribution in [0.25, 0.3) is 11.1 Å². The minimum atomic E-state index is -0.851. The first-order valence-corrected chi connectivity index (χ1v) is 7.62. The molecule has 0 aromatic heterocycles. The Kier molecular flexibility index (Phi) is 5.50. The van der Waals surface area contributed by atoms with Crippen LogP contribution in [0.5, 0.6) is 0 Å². The lowest BCUT2D eigenvalue weighted by Gasteiger charge is -2.13. The molecule has 2 rings (SSSR count). The zero-order valence-electron chi connectivity index (χ0n) is 13.7. The second-order valence-corrected chi connectivity index (χ2v) is 6.17. The van der Waals surface area contributed by atoms with E-state index in [-0.39, 0.29) is 18.2 Å². The molecule has 0 saturated carbocycles. The molecule has 0 bridgehead atoms. The van der Waals surface area contributed by atoms with Crippen LogP contribution in [0.3, 0.4) is 0 Å². The van der Waals surface area contributed by atoms with E-state index >= 15 is 0 Å². The summed E-state index contributed by atoms with van der Waals surface area (Å²) in [5.74, 6) is -1.30. The summed E-state index contributed by atoms with van der Waals surface area (Å²) in [7, 11) is 4.00. The standard InChI is InChI=1S/C19H22FNO2/c1-13(10-19(22)23)16-8-9-18(20)17(11-16)15-6-4-14(5-7-15)12-21(2)3/h4-9,11,13H,10,12H2,1-3H3,(H,22,23). The molecule has 0 heterocycles. The fraction of sp³-hybridized carbons (Fsp3) is 0.316. The zero-order valence-corrected chi connectivity index (χ0v) is 13.7. The van der Waals surface area contributed by atoms with Crippen LogP contribution in [0.1, 0.15) is 30.4 Å². The number of hydrogen-bond acceptors (Lipinski definition) is 2. The van der Waals surface area contributed by atoms with Crippen molar-refractivity contribution in [2.24, 2.45) is 0 Å². The predicted molar refractivity (Wildman–Crippen MR) is 89.9 cm³/mol. The number of carboxylic acids is 1. The van der Waals surface area contributed by atoms with Crippen molar-refractivity contribution in [2.75, 3.05) is 14.1 Å². The molecule has 0 radical (unpaired) electrons. The van der Waals surface area contributed by atoms with Crippen LogP contribution >= 0.6 is 0 Å². The molecular weight excluding hydrogens is 293 g/mol. The van der Waals surface area contributed by atoms with Gasteiger partial charge in [-0.2, -0.15) is 0 Å². The summed E-state index contributed by atoms with van der Waals surface area (Å²) < 4.78 is 14.2. The van der Waals surface area contributed by atoms with Gasteiger partial charge in [-0.05, 0) is 48.8 Å². The zero-order chi connectivity index (χ0) is 17.0. The van der Waals surface area contributed by atoms with E-state index in [1.807, 2.05) is 45.3 Å². The molecule has 0 fully saturated rings. The SMILES string of the molecule is CC(CC(=O)O)c1ccc(F)c(-c2ccc(CN(C)C)cc2)c1. The molecule has 2 aromatic carbocycles. The van der Waals surface area contributed by atoms with Gasteiger partial charge in [-0.15, -0.1) is 0 Å². The molecule has 4 heteroatoms. The Balaban J connectivity index is 2.29. The molecule has 1 unspecified atom stereocenters. The van der Waals surface area contributed by atoms with Crippen LogP contribution in [-0.4, -0.2) is 30.1 Å². The summed E-state index contributed by atoms with van der Waals surface area (Å²) in [6, 6.07) is 12.6. The average molecular weight is 315 g/mol. The van der Waals surface area contributed by atoms with Crippen LogP contribution in [0, 0.1) is 5.82 Å². The maximum Gasteiger partial charge on any atom is 0.303 e. The van der Waals surface area contributed by atoms with E-state index in [1.54, 1.807) is 12.1 Å². The van der Waals surface area contributed by atoms with E-state index in [9.17, 15) is 9.18 Å². The van der Waals surface area contributed by atoms with Gasteiger partial charge in [-0.1, -0.05) is 37.3 Å².